The molecular formula is C17H15FO3. The summed E-state index contributed by atoms with van der Waals surface area (Å²) in [5, 5.41) is 0. The summed E-state index contributed by atoms with van der Waals surface area (Å²) in [4.78, 5) is 12.3. The van der Waals surface area contributed by atoms with Crippen molar-refractivity contribution in [3.05, 3.63) is 58.9 Å². The fourth-order valence-corrected chi connectivity index (χ4v) is 2.49. The number of halogens is 1. The van der Waals surface area contributed by atoms with E-state index in [0.29, 0.717) is 17.7 Å². The Morgan fingerprint density at radius 3 is 3.00 bits per heavy atom. The van der Waals surface area contributed by atoms with E-state index in [4.69, 9.17) is 9.47 Å². The third-order valence-corrected chi connectivity index (χ3v) is 3.63. The van der Waals surface area contributed by atoms with E-state index in [1.807, 2.05) is 6.07 Å². The maximum absolute atomic E-state index is 14.1. The standard InChI is InChI=1S/C17H15FO3/c1-20-16-4-2-3-13(17(16)18)10-14(19)11-5-6-15-12(9-11)7-8-21-15/h2-6,9H,7-8,10H2,1H3. The highest BCUT2D eigenvalue weighted by atomic mass is 19.1. The Hall–Kier alpha value is -2.36. The van der Waals surface area contributed by atoms with E-state index in [-0.39, 0.29) is 18.0 Å². The monoisotopic (exact) mass is 286 g/mol. The molecule has 3 rings (SSSR count). The van der Waals surface area contributed by atoms with Gasteiger partial charge in [-0.3, -0.25) is 4.79 Å². The van der Waals surface area contributed by atoms with Crippen molar-refractivity contribution in [2.24, 2.45) is 0 Å². The van der Waals surface area contributed by atoms with E-state index >= 15 is 0 Å². The second-order valence-electron chi connectivity index (χ2n) is 4.95. The minimum absolute atomic E-state index is 0.0165. The minimum Gasteiger partial charge on any atom is -0.494 e. The van der Waals surface area contributed by atoms with Crippen LogP contribution in [0.4, 0.5) is 4.39 Å². The molecule has 0 fully saturated rings. The van der Waals surface area contributed by atoms with Crippen LogP contribution in [0.2, 0.25) is 0 Å². The Morgan fingerprint density at radius 1 is 1.33 bits per heavy atom. The van der Waals surface area contributed by atoms with Crippen LogP contribution in [0, 0.1) is 5.82 Å². The highest BCUT2D eigenvalue weighted by Gasteiger charge is 2.17. The maximum atomic E-state index is 14.1. The minimum atomic E-state index is -0.474. The van der Waals surface area contributed by atoms with Crippen LogP contribution in [-0.2, 0) is 12.8 Å². The SMILES string of the molecule is COc1cccc(CC(=O)c2ccc3c(c2)CCO3)c1F. The summed E-state index contributed by atoms with van der Waals surface area (Å²) < 4.78 is 24.4. The number of Topliss-reactive ketones (excluding diaryl/α,β-unsaturated/α-hetero) is 1. The van der Waals surface area contributed by atoms with Crippen LogP contribution in [0.1, 0.15) is 21.5 Å². The molecule has 2 aromatic rings. The fraction of sp³-hybridized carbons (Fsp3) is 0.235. The number of ether oxygens (including phenoxy) is 2. The smallest absolute Gasteiger partial charge is 0.168 e. The Balaban J connectivity index is 1.84. The predicted octanol–water partition coefficient (Wildman–Crippen LogP) is 3.19. The molecule has 21 heavy (non-hydrogen) atoms. The van der Waals surface area contributed by atoms with Crippen LogP contribution < -0.4 is 9.47 Å². The molecule has 0 bridgehead atoms. The number of benzene rings is 2. The van der Waals surface area contributed by atoms with Crippen LogP contribution in [0.25, 0.3) is 0 Å². The molecule has 4 heteroatoms. The number of fused-ring (bicyclic) bond motifs is 1. The van der Waals surface area contributed by atoms with Gasteiger partial charge in [-0.15, -0.1) is 0 Å². The van der Waals surface area contributed by atoms with E-state index in [0.717, 1.165) is 17.7 Å². The van der Waals surface area contributed by atoms with Crippen LogP contribution in [-0.4, -0.2) is 19.5 Å². The zero-order valence-electron chi connectivity index (χ0n) is 11.7. The molecule has 0 spiro atoms. The Labute approximate surface area is 122 Å². The number of rotatable bonds is 4. The zero-order valence-corrected chi connectivity index (χ0v) is 11.7. The van der Waals surface area contributed by atoms with Crippen molar-refractivity contribution in [2.45, 2.75) is 12.8 Å². The number of methoxy groups -OCH3 is 1. The molecule has 0 aromatic heterocycles. The number of ketones is 1. The number of carbonyl (C=O) groups excluding carboxylic acids is 1. The van der Waals surface area contributed by atoms with Gasteiger partial charge in [0, 0.05) is 18.4 Å². The summed E-state index contributed by atoms with van der Waals surface area (Å²) in [6.07, 6.45) is 0.826. The zero-order chi connectivity index (χ0) is 14.8. The highest BCUT2D eigenvalue weighted by molar-refractivity contribution is 5.98. The lowest BCUT2D eigenvalue weighted by Gasteiger charge is -2.07. The van der Waals surface area contributed by atoms with Gasteiger partial charge in [0.2, 0.25) is 0 Å². The van der Waals surface area contributed by atoms with E-state index in [2.05, 4.69) is 0 Å². The summed E-state index contributed by atoms with van der Waals surface area (Å²) in [5.74, 6) is 0.400. The number of hydrogen-bond donors (Lipinski definition) is 0. The molecule has 0 amide bonds. The van der Waals surface area contributed by atoms with Crippen LogP contribution in [0.5, 0.6) is 11.5 Å². The van der Waals surface area contributed by atoms with Crippen molar-refractivity contribution in [3.63, 3.8) is 0 Å². The third-order valence-electron chi connectivity index (χ3n) is 3.63. The fourth-order valence-electron chi connectivity index (χ4n) is 2.49. The molecule has 1 aliphatic rings. The second-order valence-corrected chi connectivity index (χ2v) is 4.95. The summed E-state index contributed by atoms with van der Waals surface area (Å²) >= 11 is 0. The van der Waals surface area contributed by atoms with Gasteiger partial charge in [-0.1, -0.05) is 12.1 Å². The maximum Gasteiger partial charge on any atom is 0.168 e. The molecule has 3 nitrogen and oxygen atoms in total. The molecule has 0 atom stereocenters. The van der Waals surface area contributed by atoms with Gasteiger partial charge in [-0.25, -0.2) is 4.39 Å². The quantitative estimate of drug-likeness (QED) is 0.810. The van der Waals surface area contributed by atoms with Gasteiger partial charge in [0.05, 0.1) is 13.7 Å². The van der Waals surface area contributed by atoms with Crippen molar-refractivity contribution < 1.29 is 18.7 Å². The van der Waals surface area contributed by atoms with E-state index < -0.39 is 5.82 Å². The second kappa shape index (κ2) is 5.56. The van der Waals surface area contributed by atoms with Crippen molar-refractivity contribution in [2.75, 3.05) is 13.7 Å². The molecule has 1 aliphatic heterocycles. The first-order chi connectivity index (χ1) is 10.2. The molecule has 0 saturated carbocycles. The lowest BCUT2D eigenvalue weighted by atomic mass is 10.00. The molecule has 0 aliphatic carbocycles. The Kier molecular flexibility index (Phi) is 3.60. The first-order valence-electron chi connectivity index (χ1n) is 6.79. The molecule has 0 unspecified atom stereocenters. The average Bonchev–Trinajstić information content (AvgIpc) is 2.96. The number of hydrogen-bond acceptors (Lipinski definition) is 3. The predicted molar refractivity (Wildman–Crippen MR) is 76.6 cm³/mol. The van der Waals surface area contributed by atoms with Crippen LogP contribution in [0.15, 0.2) is 36.4 Å². The number of carbonyl (C=O) groups is 1. The average molecular weight is 286 g/mol. The summed E-state index contributed by atoms with van der Waals surface area (Å²) in [5.41, 5.74) is 1.96. The van der Waals surface area contributed by atoms with Gasteiger partial charge in [-0.2, -0.15) is 0 Å². The van der Waals surface area contributed by atoms with E-state index in [1.165, 1.54) is 13.2 Å². The van der Waals surface area contributed by atoms with Gasteiger partial charge in [0.15, 0.2) is 17.3 Å². The van der Waals surface area contributed by atoms with Gasteiger partial charge >= 0.3 is 0 Å². The van der Waals surface area contributed by atoms with Crippen LogP contribution in [0.3, 0.4) is 0 Å². The van der Waals surface area contributed by atoms with Gasteiger partial charge in [0.25, 0.3) is 0 Å². The highest BCUT2D eigenvalue weighted by Crippen LogP contribution is 2.27. The molecule has 1 heterocycles. The first kappa shape index (κ1) is 13.6. The molecule has 0 N–H and O–H groups in total. The van der Waals surface area contributed by atoms with Gasteiger partial charge < -0.3 is 9.47 Å². The van der Waals surface area contributed by atoms with Gasteiger partial charge in [-0.05, 0) is 35.4 Å². The topological polar surface area (TPSA) is 35.5 Å². The molecule has 0 saturated heterocycles. The van der Waals surface area contributed by atoms with Crippen molar-refractivity contribution in [3.8, 4) is 11.5 Å². The van der Waals surface area contributed by atoms with Crippen molar-refractivity contribution in [1.82, 2.24) is 0 Å². The van der Waals surface area contributed by atoms with Crippen molar-refractivity contribution in [1.29, 1.82) is 0 Å². The van der Waals surface area contributed by atoms with Crippen molar-refractivity contribution >= 4 is 5.78 Å². The van der Waals surface area contributed by atoms with E-state index in [9.17, 15) is 9.18 Å². The van der Waals surface area contributed by atoms with E-state index in [1.54, 1.807) is 24.3 Å². The largest absolute Gasteiger partial charge is 0.494 e. The lowest BCUT2D eigenvalue weighted by molar-refractivity contribution is 0.0991. The molecule has 0 radical (unpaired) electrons. The lowest BCUT2D eigenvalue weighted by Crippen LogP contribution is -2.06. The molecule has 2 aromatic carbocycles. The summed E-state index contributed by atoms with van der Waals surface area (Å²) in [6, 6.07) is 10.2. The van der Waals surface area contributed by atoms with Gasteiger partial charge in [0.1, 0.15) is 5.75 Å². The summed E-state index contributed by atoms with van der Waals surface area (Å²) in [6.45, 7) is 0.650. The molecule has 108 valence electrons. The molecular weight excluding hydrogens is 271 g/mol. The Bertz CT molecular complexity index is 694. The first-order valence-corrected chi connectivity index (χ1v) is 6.79. The normalized spacial score (nSPS) is 12.7. The summed E-state index contributed by atoms with van der Waals surface area (Å²) in [7, 11) is 1.41. The third kappa shape index (κ3) is 2.61. The Morgan fingerprint density at radius 2 is 2.19 bits per heavy atom. The van der Waals surface area contributed by atoms with Crippen LogP contribution >= 0.6 is 0 Å².